The van der Waals surface area contributed by atoms with E-state index in [1.807, 2.05) is 12.1 Å². The van der Waals surface area contributed by atoms with E-state index >= 15 is 0 Å². The molecule has 4 rings (SSSR count). The summed E-state index contributed by atoms with van der Waals surface area (Å²) in [7, 11) is 1.59. The highest BCUT2D eigenvalue weighted by Crippen LogP contribution is 2.27. The fourth-order valence-corrected chi connectivity index (χ4v) is 2.39. The SMILES string of the molecule is COc1ccc(-c2noc(-c3nnn(-c4ccc(F)cc4)c3N)n2)cc1. The van der Waals surface area contributed by atoms with Crippen molar-refractivity contribution in [1.29, 1.82) is 0 Å². The molecule has 9 heteroatoms. The smallest absolute Gasteiger partial charge is 0.282 e. The summed E-state index contributed by atoms with van der Waals surface area (Å²) in [6.45, 7) is 0. The molecule has 2 heterocycles. The molecule has 0 atom stereocenters. The minimum absolute atomic E-state index is 0.140. The second kappa shape index (κ2) is 6.28. The number of halogens is 1. The zero-order valence-electron chi connectivity index (χ0n) is 13.6. The van der Waals surface area contributed by atoms with Crippen LogP contribution in [0.1, 0.15) is 0 Å². The predicted molar refractivity (Wildman–Crippen MR) is 91.0 cm³/mol. The fraction of sp³-hybridized carbons (Fsp3) is 0.0588. The number of nitrogens with two attached hydrogens (primary N) is 1. The van der Waals surface area contributed by atoms with Crippen LogP contribution in [0.4, 0.5) is 10.2 Å². The van der Waals surface area contributed by atoms with Gasteiger partial charge >= 0.3 is 0 Å². The van der Waals surface area contributed by atoms with Gasteiger partial charge in [0.2, 0.25) is 5.82 Å². The molecule has 2 aromatic heterocycles. The number of benzene rings is 2. The van der Waals surface area contributed by atoms with E-state index in [-0.39, 0.29) is 23.2 Å². The van der Waals surface area contributed by atoms with E-state index in [2.05, 4.69) is 20.5 Å². The van der Waals surface area contributed by atoms with Gasteiger partial charge in [0.05, 0.1) is 12.8 Å². The van der Waals surface area contributed by atoms with Crippen LogP contribution in [0.25, 0.3) is 28.7 Å². The zero-order valence-corrected chi connectivity index (χ0v) is 13.6. The van der Waals surface area contributed by atoms with E-state index in [4.69, 9.17) is 15.0 Å². The highest BCUT2D eigenvalue weighted by molar-refractivity contribution is 5.66. The summed E-state index contributed by atoms with van der Waals surface area (Å²) in [5.41, 5.74) is 7.66. The van der Waals surface area contributed by atoms with Gasteiger partial charge in [0.25, 0.3) is 5.89 Å². The molecule has 0 radical (unpaired) electrons. The Morgan fingerprint density at radius 2 is 1.81 bits per heavy atom. The van der Waals surface area contributed by atoms with Crippen LogP contribution in [0.3, 0.4) is 0 Å². The highest BCUT2D eigenvalue weighted by Gasteiger charge is 2.19. The van der Waals surface area contributed by atoms with Crippen LogP contribution >= 0.6 is 0 Å². The Bertz CT molecular complexity index is 1040. The maximum atomic E-state index is 13.1. The van der Waals surface area contributed by atoms with Crippen LogP contribution < -0.4 is 10.5 Å². The predicted octanol–water partition coefficient (Wildman–Crippen LogP) is 2.71. The molecule has 0 amide bonds. The number of nitrogens with zero attached hydrogens (tertiary/aromatic N) is 5. The van der Waals surface area contributed by atoms with Gasteiger partial charge in [-0.2, -0.15) is 9.67 Å². The summed E-state index contributed by atoms with van der Waals surface area (Å²) in [6.07, 6.45) is 0. The summed E-state index contributed by atoms with van der Waals surface area (Å²) in [4.78, 5) is 4.31. The Morgan fingerprint density at radius 1 is 1.08 bits per heavy atom. The van der Waals surface area contributed by atoms with Crippen LogP contribution in [-0.4, -0.2) is 32.2 Å². The van der Waals surface area contributed by atoms with Crippen molar-refractivity contribution in [3.05, 3.63) is 54.3 Å². The van der Waals surface area contributed by atoms with Crippen molar-refractivity contribution < 1.29 is 13.7 Å². The van der Waals surface area contributed by atoms with Gasteiger partial charge in [-0.05, 0) is 48.5 Å². The lowest BCUT2D eigenvalue weighted by Crippen LogP contribution is -2.02. The lowest BCUT2D eigenvalue weighted by atomic mass is 10.2. The molecule has 0 spiro atoms. The molecule has 0 unspecified atom stereocenters. The van der Waals surface area contributed by atoms with Crippen LogP contribution in [0.2, 0.25) is 0 Å². The molecular formula is C17H13FN6O2. The van der Waals surface area contributed by atoms with E-state index in [0.717, 1.165) is 11.3 Å². The molecule has 0 fully saturated rings. The van der Waals surface area contributed by atoms with Crippen molar-refractivity contribution in [2.24, 2.45) is 0 Å². The number of aromatic nitrogens is 5. The quantitative estimate of drug-likeness (QED) is 0.602. The second-order valence-electron chi connectivity index (χ2n) is 5.36. The Kier molecular flexibility index (Phi) is 3.81. The first-order chi connectivity index (χ1) is 12.7. The van der Waals surface area contributed by atoms with E-state index in [1.54, 1.807) is 31.4 Å². The Morgan fingerprint density at radius 3 is 2.50 bits per heavy atom. The maximum Gasteiger partial charge on any atom is 0.282 e. The van der Waals surface area contributed by atoms with Gasteiger partial charge < -0.3 is 15.0 Å². The number of rotatable bonds is 4. The third-order valence-corrected chi connectivity index (χ3v) is 3.75. The lowest BCUT2D eigenvalue weighted by molar-refractivity contribution is 0.414. The van der Waals surface area contributed by atoms with Gasteiger partial charge in [-0.1, -0.05) is 10.4 Å². The average Bonchev–Trinajstić information content (AvgIpc) is 3.29. The number of ether oxygens (including phenoxy) is 1. The normalized spacial score (nSPS) is 10.8. The molecule has 8 nitrogen and oxygen atoms in total. The van der Waals surface area contributed by atoms with Gasteiger partial charge in [-0.25, -0.2) is 4.39 Å². The van der Waals surface area contributed by atoms with Crippen LogP contribution in [0.15, 0.2) is 53.1 Å². The highest BCUT2D eigenvalue weighted by atomic mass is 19.1. The number of methoxy groups -OCH3 is 1. The van der Waals surface area contributed by atoms with Crippen LogP contribution in [-0.2, 0) is 0 Å². The number of nitrogen functional groups attached to an aromatic ring is 1. The molecular weight excluding hydrogens is 339 g/mol. The lowest BCUT2D eigenvalue weighted by Gasteiger charge is -2.02. The second-order valence-corrected chi connectivity index (χ2v) is 5.36. The van der Waals surface area contributed by atoms with Crippen molar-refractivity contribution >= 4 is 5.82 Å². The minimum atomic E-state index is -0.353. The van der Waals surface area contributed by atoms with Crippen LogP contribution in [0, 0.1) is 5.82 Å². The Labute approximate surface area is 147 Å². The Balaban J connectivity index is 1.66. The first kappa shape index (κ1) is 15.8. The first-order valence-electron chi connectivity index (χ1n) is 7.61. The largest absolute Gasteiger partial charge is 0.497 e. The molecule has 130 valence electrons. The van der Waals surface area contributed by atoms with Crippen molar-refractivity contribution in [3.8, 4) is 34.4 Å². The molecule has 2 N–H and O–H groups in total. The van der Waals surface area contributed by atoms with E-state index < -0.39 is 0 Å². The molecule has 0 saturated carbocycles. The number of hydrogen-bond acceptors (Lipinski definition) is 7. The molecule has 0 aliphatic heterocycles. The monoisotopic (exact) mass is 352 g/mol. The number of hydrogen-bond donors (Lipinski definition) is 1. The van der Waals surface area contributed by atoms with Gasteiger partial charge in [-0.15, -0.1) is 5.10 Å². The van der Waals surface area contributed by atoms with Gasteiger partial charge in [-0.3, -0.25) is 0 Å². The summed E-state index contributed by atoms with van der Waals surface area (Å²) in [6, 6.07) is 12.9. The van der Waals surface area contributed by atoms with Gasteiger partial charge in [0.15, 0.2) is 11.5 Å². The van der Waals surface area contributed by atoms with E-state index in [0.29, 0.717) is 11.5 Å². The van der Waals surface area contributed by atoms with Gasteiger partial charge in [0.1, 0.15) is 11.6 Å². The molecule has 0 saturated heterocycles. The molecule has 2 aromatic carbocycles. The van der Waals surface area contributed by atoms with Gasteiger partial charge in [0, 0.05) is 5.56 Å². The molecule has 0 aliphatic rings. The average molecular weight is 352 g/mol. The Hall–Kier alpha value is -3.75. The standard InChI is InChI=1S/C17H13FN6O2/c1-25-13-8-2-10(3-9-13)16-20-17(26-22-16)14-15(19)24(23-21-14)12-6-4-11(18)5-7-12/h2-9H,19H2,1H3. The van der Waals surface area contributed by atoms with E-state index in [1.165, 1.54) is 16.8 Å². The van der Waals surface area contributed by atoms with Crippen LogP contribution in [0.5, 0.6) is 5.75 Å². The molecule has 4 aromatic rings. The van der Waals surface area contributed by atoms with Crippen molar-refractivity contribution in [2.45, 2.75) is 0 Å². The topological polar surface area (TPSA) is 105 Å². The third-order valence-electron chi connectivity index (χ3n) is 3.75. The minimum Gasteiger partial charge on any atom is -0.497 e. The summed E-state index contributed by atoms with van der Waals surface area (Å²) in [5.74, 6) is 1.11. The summed E-state index contributed by atoms with van der Waals surface area (Å²) in [5, 5.41) is 11.9. The molecule has 0 bridgehead atoms. The fourth-order valence-electron chi connectivity index (χ4n) is 2.39. The zero-order chi connectivity index (χ0) is 18.1. The third kappa shape index (κ3) is 2.75. The molecule has 0 aliphatic carbocycles. The first-order valence-corrected chi connectivity index (χ1v) is 7.61. The summed E-state index contributed by atoms with van der Waals surface area (Å²) < 4.78 is 24.8. The van der Waals surface area contributed by atoms with Crippen molar-refractivity contribution in [3.63, 3.8) is 0 Å². The van der Waals surface area contributed by atoms with Crippen molar-refractivity contribution in [2.75, 3.05) is 12.8 Å². The van der Waals surface area contributed by atoms with Crippen molar-refractivity contribution in [1.82, 2.24) is 25.1 Å². The van der Waals surface area contributed by atoms with E-state index in [9.17, 15) is 4.39 Å². The maximum absolute atomic E-state index is 13.1. The number of anilines is 1. The molecule has 26 heavy (non-hydrogen) atoms. The summed E-state index contributed by atoms with van der Waals surface area (Å²) >= 11 is 0.